The summed E-state index contributed by atoms with van der Waals surface area (Å²) >= 11 is 0. The first-order chi connectivity index (χ1) is 8.81. The van der Waals surface area contributed by atoms with Crippen molar-refractivity contribution in [3.63, 3.8) is 0 Å². The first kappa shape index (κ1) is 16.0. The Morgan fingerprint density at radius 2 is 1.95 bits per heavy atom. The predicted octanol–water partition coefficient (Wildman–Crippen LogP) is 0.995. The maximum atomic E-state index is 9.25. The highest BCUT2D eigenvalue weighted by molar-refractivity contribution is 6.58. The van der Waals surface area contributed by atoms with Crippen molar-refractivity contribution in [3.8, 4) is 5.75 Å². The standard InChI is InChI=1S/C14H24BNO3/c1-6-14(2,3)16(4)10-11-9-12(15(17)18)7-8-13(11)19-5/h7-9,17-18H,6,10H2,1-5H3. The molecule has 1 aromatic rings. The molecule has 2 N–H and O–H groups in total. The predicted molar refractivity (Wildman–Crippen MR) is 78.7 cm³/mol. The van der Waals surface area contributed by atoms with Crippen LogP contribution in [0.5, 0.6) is 5.75 Å². The van der Waals surface area contributed by atoms with Crippen LogP contribution in [0.1, 0.15) is 32.8 Å². The molecule has 0 aliphatic heterocycles. The molecule has 0 atom stereocenters. The number of nitrogens with zero attached hydrogens (tertiary/aromatic N) is 1. The van der Waals surface area contributed by atoms with E-state index in [0.717, 1.165) is 17.7 Å². The lowest BCUT2D eigenvalue weighted by Gasteiger charge is -2.35. The molecule has 0 aliphatic carbocycles. The molecule has 0 fully saturated rings. The van der Waals surface area contributed by atoms with Gasteiger partial charge in [-0.1, -0.05) is 19.1 Å². The zero-order valence-corrected chi connectivity index (χ0v) is 12.5. The van der Waals surface area contributed by atoms with E-state index in [-0.39, 0.29) is 5.54 Å². The van der Waals surface area contributed by atoms with Gasteiger partial charge in [0, 0.05) is 17.6 Å². The normalized spacial score (nSPS) is 11.8. The number of rotatable bonds is 6. The fourth-order valence-electron chi connectivity index (χ4n) is 1.82. The number of methoxy groups -OCH3 is 1. The van der Waals surface area contributed by atoms with E-state index in [4.69, 9.17) is 4.74 Å². The lowest BCUT2D eigenvalue weighted by molar-refractivity contribution is 0.141. The van der Waals surface area contributed by atoms with E-state index < -0.39 is 7.12 Å². The summed E-state index contributed by atoms with van der Waals surface area (Å²) in [6.07, 6.45) is 1.04. The van der Waals surface area contributed by atoms with Crippen LogP contribution >= 0.6 is 0 Å². The average molecular weight is 265 g/mol. The molecule has 0 aliphatic rings. The summed E-state index contributed by atoms with van der Waals surface area (Å²) in [4.78, 5) is 2.23. The Kier molecular flexibility index (Phi) is 5.41. The fraction of sp³-hybridized carbons (Fsp3) is 0.571. The van der Waals surface area contributed by atoms with E-state index in [9.17, 15) is 10.0 Å². The molecular formula is C14H24BNO3. The highest BCUT2D eigenvalue weighted by Crippen LogP contribution is 2.23. The topological polar surface area (TPSA) is 52.9 Å². The minimum atomic E-state index is -1.45. The van der Waals surface area contributed by atoms with Crippen LogP contribution in [0.3, 0.4) is 0 Å². The molecule has 0 saturated carbocycles. The van der Waals surface area contributed by atoms with Crippen LogP contribution < -0.4 is 10.2 Å². The van der Waals surface area contributed by atoms with Crippen LogP contribution in [0.2, 0.25) is 0 Å². The van der Waals surface area contributed by atoms with Gasteiger partial charge in [-0.2, -0.15) is 0 Å². The van der Waals surface area contributed by atoms with E-state index in [1.165, 1.54) is 0 Å². The quantitative estimate of drug-likeness (QED) is 0.753. The van der Waals surface area contributed by atoms with Gasteiger partial charge >= 0.3 is 7.12 Å². The molecule has 0 heterocycles. The molecule has 0 amide bonds. The minimum Gasteiger partial charge on any atom is -0.496 e. The summed E-state index contributed by atoms with van der Waals surface area (Å²) in [6, 6.07) is 5.22. The van der Waals surface area contributed by atoms with Gasteiger partial charge < -0.3 is 14.8 Å². The Morgan fingerprint density at radius 3 is 2.42 bits per heavy atom. The summed E-state index contributed by atoms with van der Waals surface area (Å²) in [7, 11) is 2.23. The number of ether oxygens (including phenoxy) is 1. The minimum absolute atomic E-state index is 0.0822. The zero-order chi connectivity index (χ0) is 14.6. The van der Waals surface area contributed by atoms with Gasteiger partial charge in [-0.3, -0.25) is 4.90 Å². The molecule has 106 valence electrons. The van der Waals surface area contributed by atoms with Gasteiger partial charge in [0.25, 0.3) is 0 Å². The van der Waals surface area contributed by atoms with Crippen LogP contribution in [-0.2, 0) is 6.54 Å². The molecule has 5 heteroatoms. The van der Waals surface area contributed by atoms with Gasteiger partial charge in [-0.25, -0.2) is 0 Å². The second kappa shape index (κ2) is 6.41. The van der Waals surface area contributed by atoms with Crippen molar-refractivity contribution in [2.75, 3.05) is 14.2 Å². The Morgan fingerprint density at radius 1 is 1.32 bits per heavy atom. The summed E-state index contributed by atoms with van der Waals surface area (Å²) < 4.78 is 5.34. The maximum Gasteiger partial charge on any atom is 0.488 e. The molecule has 0 bridgehead atoms. The van der Waals surface area contributed by atoms with Gasteiger partial charge in [0.1, 0.15) is 5.75 Å². The first-order valence-electron chi connectivity index (χ1n) is 6.56. The zero-order valence-electron chi connectivity index (χ0n) is 12.5. The largest absolute Gasteiger partial charge is 0.496 e. The third-order valence-corrected chi connectivity index (χ3v) is 3.91. The van der Waals surface area contributed by atoms with Crippen molar-refractivity contribution in [2.24, 2.45) is 0 Å². The van der Waals surface area contributed by atoms with E-state index in [0.29, 0.717) is 12.0 Å². The Hall–Kier alpha value is -1.04. The monoisotopic (exact) mass is 265 g/mol. The van der Waals surface area contributed by atoms with Gasteiger partial charge in [-0.05, 0) is 38.8 Å². The van der Waals surface area contributed by atoms with Crippen molar-refractivity contribution in [2.45, 2.75) is 39.3 Å². The molecule has 0 saturated heterocycles. The van der Waals surface area contributed by atoms with Gasteiger partial charge in [-0.15, -0.1) is 0 Å². The molecule has 0 spiro atoms. The Balaban J connectivity index is 3.01. The second-order valence-electron chi connectivity index (χ2n) is 5.47. The summed E-state index contributed by atoms with van der Waals surface area (Å²) in [5, 5.41) is 18.5. The van der Waals surface area contributed by atoms with Crippen molar-refractivity contribution in [3.05, 3.63) is 23.8 Å². The number of hydrogen-bond acceptors (Lipinski definition) is 4. The van der Waals surface area contributed by atoms with Crippen LogP contribution in [0.15, 0.2) is 18.2 Å². The number of benzene rings is 1. The van der Waals surface area contributed by atoms with Gasteiger partial charge in [0.15, 0.2) is 0 Å². The van der Waals surface area contributed by atoms with Crippen molar-refractivity contribution >= 4 is 12.6 Å². The molecule has 0 aromatic heterocycles. The molecule has 0 radical (unpaired) electrons. The lowest BCUT2D eigenvalue weighted by atomic mass is 9.79. The van der Waals surface area contributed by atoms with Crippen LogP contribution in [0.25, 0.3) is 0 Å². The molecule has 19 heavy (non-hydrogen) atoms. The maximum absolute atomic E-state index is 9.25. The van der Waals surface area contributed by atoms with E-state index in [1.807, 2.05) is 0 Å². The molecule has 1 aromatic carbocycles. The van der Waals surface area contributed by atoms with Crippen molar-refractivity contribution in [1.29, 1.82) is 0 Å². The van der Waals surface area contributed by atoms with Crippen molar-refractivity contribution in [1.82, 2.24) is 4.90 Å². The van der Waals surface area contributed by atoms with Crippen LogP contribution in [-0.4, -0.2) is 41.8 Å². The summed E-state index contributed by atoms with van der Waals surface area (Å²) in [6.45, 7) is 7.22. The number of hydrogen-bond donors (Lipinski definition) is 2. The highest BCUT2D eigenvalue weighted by atomic mass is 16.5. The molecular weight excluding hydrogens is 241 g/mol. The van der Waals surface area contributed by atoms with E-state index in [2.05, 4.69) is 32.7 Å². The van der Waals surface area contributed by atoms with Crippen LogP contribution in [0.4, 0.5) is 0 Å². The van der Waals surface area contributed by atoms with Gasteiger partial charge in [0.05, 0.1) is 7.11 Å². The third-order valence-electron chi connectivity index (χ3n) is 3.91. The SMILES string of the molecule is CCC(C)(C)N(C)Cc1cc(B(O)O)ccc1OC. The van der Waals surface area contributed by atoms with Crippen molar-refractivity contribution < 1.29 is 14.8 Å². The van der Waals surface area contributed by atoms with E-state index >= 15 is 0 Å². The second-order valence-corrected chi connectivity index (χ2v) is 5.47. The fourth-order valence-corrected chi connectivity index (χ4v) is 1.82. The summed E-state index contributed by atoms with van der Waals surface area (Å²) in [5.41, 5.74) is 1.52. The smallest absolute Gasteiger partial charge is 0.488 e. The average Bonchev–Trinajstić information content (AvgIpc) is 2.38. The first-order valence-corrected chi connectivity index (χ1v) is 6.56. The van der Waals surface area contributed by atoms with E-state index in [1.54, 1.807) is 25.3 Å². The summed E-state index contributed by atoms with van der Waals surface area (Å²) in [5.74, 6) is 0.767. The lowest BCUT2D eigenvalue weighted by Crippen LogP contribution is -2.40. The highest BCUT2D eigenvalue weighted by Gasteiger charge is 2.23. The van der Waals surface area contributed by atoms with Crippen LogP contribution in [0, 0.1) is 0 Å². The molecule has 4 nitrogen and oxygen atoms in total. The molecule has 0 unspecified atom stereocenters. The Labute approximate surface area is 116 Å². The molecule has 1 rings (SSSR count). The Bertz CT molecular complexity index is 421. The third kappa shape index (κ3) is 3.96. The van der Waals surface area contributed by atoms with Gasteiger partial charge in [0.2, 0.25) is 0 Å².